The van der Waals surface area contributed by atoms with Gasteiger partial charge in [0.2, 0.25) is 0 Å². The minimum absolute atomic E-state index is 1.08. The van der Waals surface area contributed by atoms with Crippen molar-refractivity contribution < 1.29 is 0 Å². The highest BCUT2D eigenvalue weighted by molar-refractivity contribution is 5.50. The van der Waals surface area contributed by atoms with E-state index in [0.717, 1.165) is 5.69 Å². The second kappa shape index (κ2) is 6.38. The highest BCUT2D eigenvalue weighted by atomic mass is 14.7. The van der Waals surface area contributed by atoms with Crippen molar-refractivity contribution in [3.63, 3.8) is 0 Å². The van der Waals surface area contributed by atoms with Crippen LogP contribution < -0.4 is 5.73 Å². The van der Waals surface area contributed by atoms with E-state index < -0.39 is 0 Å². The van der Waals surface area contributed by atoms with Gasteiger partial charge in [0.05, 0.1) is 5.69 Å². The van der Waals surface area contributed by atoms with Crippen molar-refractivity contribution in [1.82, 2.24) is 4.98 Å². The summed E-state index contributed by atoms with van der Waals surface area (Å²) in [4.78, 5) is 4.24. The van der Waals surface area contributed by atoms with Gasteiger partial charge in [-0.3, -0.25) is 4.98 Å². The number of aromatic nitrogens is 1. The van der Waals surface area contributed by atoms with Crippen LogP contribution in [0.3, 0.4) is 0 Å². The van der Waals surface area contributed by atoms with Crippen molar-refractivity contribution in [2.45, 2.75) is 20.8 Å². The van der Waals surface area contributed by atoms with Crippen molar-refractivity contribution >= 4 is 6.08 Å². The predicted molar refractivity (Wildman–Crippen MR) is 58.4 cm³/mol. The summed E-state index contributed by atoms with van der Waals surface area (Å²) in [6.07, 6.45) is 3.91. The minimum atomic E-state index is 1.08. The average Bonchev–Trinajstić information content (AvgIpc) is 2.12. The number of nitrogens with zero attached hydrogens (tertiary/aromatic N) is 1. The van der Waals surface area contributed by atoms with Gasteiger partial charge in [-0.2, -0.15) is 0 Å². The smallest absolute Gasteiger partial charge is 0.0658 e. The summed E-state index contributed by atoms with van der Waals surface area (Å²) in [6, 6.07) is 4.03. The van der Waals surface area contributed by atoms with Crippen molar-refractivity contribution in [3.8, 4) is 0 Å². The third kappa shape index (κ3) is 4.43. The molecular formula is C11H18N2. The van der Waals surface area contributed by atoms with Crippen molar-refractivity contribution in [2.75, 3.05) is 7.05 Å². The number of pyridine rings is 1. The molecule has 0 aliphatic carbocycles. The minimum Gasteiger partial charge on any atom is -0.333 e. The number of aryl methyl sites for hydroxylation is 1. The van der Waals surface area contributed by atoms with Crippen LogP contribution in [0.5, 0.6) is 0 Å². The van der Waals surface area contributed by atoms with Crippen LogP contribution in [0.1, 0.15) is 25.1 Å². The van der Waals surface area contributed by atoms with Gasteiger partial charge in [-0.25, -0.2) is 0 Å². The summed E-state index contributed by atoms with van der Waals surface area (Å²) in [5, 5.41) is 0. The highest BCUT2D eigenvalue weighted by Crippen LogP contribution is 2.07. The molecule has 0 atom stereocenters. The molecule has 0 aromatic carbocycles. The first-order chi connectivity index (χ1) is 6.20. The molecule has 1 aromatic rings. The van der Waals surface area contributed by atoms with Gasteiger partial charge in [-0.05, 0) is 45.5 Å². The zero-order valence-electron chi connectivity index (χ0n) is 8.83. The molecule has 72 valence electrons. The first-order valence-electron chi connectivity index (χ1n) is 4.34. The van der Waals surface area contributed by atoms with Gasteiger partial charge in [0.1, 0.15) is 0 Å². The Morgan fingerprint density at radius 2 is 2.00 bits per heavy atom. The largest absolute Gasteiger partial charge is 0.333 e. The quantitative estimate of drug-likeness (QED) is 0.717. The van der Waals surface area contributed by atoms with Crippen molar-refractivity contribution in [1.29, 1.82) is 0 Å². The highest BCUT2D eigenvalue weighted by Gasteiger charge is 1.92. The Morgan fingerprint density at radius 3 is 2.46 bits per heavy atom. The average molecular weight is 178 g/mol. The van der Waals surface area contributed by atoms with E-state index in [1.165, 1.54) is 18.2 Å². The Bertz CT molecular complexity index is 273. The SMILES string of the molecule is CC(C)=Cc1ncccc1C.CN. The number of allylic oxidation sites excluding steroid dienone is 1. The van der Waals surface area contributed by atoms with Crippen LogP contribution in [0.25, 0.3) is 6.08 Å². The zero-order valence-corrected chi connectivity index (χ0v) is 8.83. The van der Waals surface area contributed by atoms with Crippen LogP contribution in [-0.4, -0.2) is 12.0 Å². The molecule has 1 heterocycles. The molecule has 13 heavy (non-hydrogen) atoms. The van der Waals surface area contributed by atoms with E-state index >= 15 is 0 Å². The Hall–Kier alpha value is -1.15. The molecule has 0 aliphatic heterocycles. The molecule has 1 rings (SSSR count). The fraction of sp³-hybridized carbons (Fsp3) is 0.364. The van der Waals surface area contributed by atoms with Gasteiger partial charge >= 0.3 is 0 Å². The second-order valence-corrected chi connectivity index (χ2v) is 2.93. The molecule has 0 fully saturated rings. The summed E-state index contributed by atoms with van der Waals surface area (Å²) in [5.41, 5.74) is 8.09. The molecule has 2 N–H and O–H groups in total. The molecule has 0 bridgehead atoms. The Morgan fingerprint density at radius 1 is 1.38 bits per heavy atom. The standard InChI is InChI=1S/C10H13N.CH5N/c1-8(2)7-10-9(3)5-4-6-11-10;1-2/h4-7H,1-3H3;2H2,1H3. The van der Waals surface area contributed by atoms with E-state index in [4.69, 9.17) is 0 Å². The number of nitrogens with two attached hydrogens (primary N) is 1. The molecule has 0 saturated carbocycles. The summed E-state index contributed by atoms with van der Waals surface area (Å²) >= 11 is 0. The molecule has 0 spiro atoms. The molecule has 0 saturated heterocycles. The van der Waals surface area contributed by atoms with E-state index in [2.05, 4.69) is 43.6 Å². The Balaban J connectivity index is 0.000000671. The lowest BCUT2D eigenvalue weighted by Crippen LogP contribution is -1.84. The van der Waals surface area contributed by atoms with Crippen LogP contribution in [0.15, 0.2) is 23.9 Å². The maximum atomic E-state index is 4.50. The lowest BCUT2D eigenvalue weighted by atomic mass is 10.2. The number of rotatable bonds is 1. The van der Waals surface area contributed by atoms with E-state index in [0.29, 0.717) is 0 Å². The third-order valence-corrected chi connectivity index (χ3v) is 1.48. The van der Waals surface area contributed by atoms with Gasteiger partial charge in [0.25, 0.3) is 0 Å². The fourth-order valence-corrected chi connectivity index (χ4v) is 0.922. The molecule has 2 heteroatoms. The first kappa shape index (κ1) is 11.8. The van der Waals surface area contributed by atoms with Crippen LogP contribution in [0.4, 0.5) is 0 Å². The topological polar surface area (TPSA) is 38.9 Å². The summed E-state index contributed by atoms with van der Waals surface area (Å²) in [7, 11) is 1.50. The second-order valence-electron chi connectivity index (χ2n) is 2.93. The van der Waals surface area contributed by atoms with Crippen molar-refractivity contribution in [2.24, 2.45) is 5.73 Å². The summed E-state index contributed by atoms with van der Waals surface area (Å²) in [6.45, 7) is 6.23. The molecular weight excluding hydrogens is 160 g/mol. The molecule has 0 unspecified atom stereocenters. The number of hydrogen-bond acceptors (Lipinski definition) is 2. The van der Waals surface area contributed by atoms with Gasteiger partial charge in [-0.15, -0.1) is 0 Å². The maximum Gasteiger partial charge on any atom is 0.0658 e. The summed E-state index contributed by atoms with van der Waals surface area (Å²) in [5.74, 6) is 0. The van der Waals surface area contributed by atoms with Gasteiger partial charge in [0, 0.05) is 6.20 Å². The van der Waals surface area contributed by atoms with E-state index in [1.54, 1.807) is 0 Å². The van der Waals surface area contributed by atoms with E-state index in [-0.39, 0.29) is 0 Å². The van der Waals surface area contributed by atoms with E-state index in [9.17, 15) is 0 Å². The van der Waals surface area contributed by atoms with Crippen molar-refractivity contribution in [3.05, 3.63) is 35.2 Å². The predicted octanol–water partition coefficient (Wildman–Crippen LogP) is 2.39. The van der Waals surface area contributed by atoms with Gasteiger partial charge in [-0.1, -0.05) is 11.6 Å². The number of hydrogen-bond donors (Lipinski definition) is 1. The van der Waals surface area contributed by atoms with Gasteiger partial charge < -0.3 is 5.73 Å². The third-order valence-electron chi connectivity index (χ3n) is 1.48. The molecule has 2 nitrogen and oxygen atoms in total. The molecule has 1 aromatic heterocycles. The lowest BCUT2D eigenvalue weighted by molar-refractivity contribution is 1.23. The van der Waals surface area contributed by atoms with Crippen LogP contribution in [0, 0.1) is 6.92 Å². The molecule has 0 aliphatic rings. The monoisotopic (exact) mass is 178 g/mol. The first-order valence-corrected chi connectivity index (χ1v) is 4.34. The summed E-state index contributed by atoms with van der Waals surface area (Å²) < 4.78 is 0. The Kier molecular flexibility index (Phi) is 5.81. The van der Waals surface area contributed by atoms with Crippen LogP contribution in [-0.2, 0) is 0 Å². The Labute approximate surface area is 80.5 Å². The zero-order chi connectivity index (χ0) is 10.3. The molecule has 0 radical (unpaired) electrons. The molecule has 0 amide bonds. The van der Waals surface area contributed by atoms with E-state index in [1.807, 2.05) is 12.3 Å². The van der Waals surface area contributed by atoms with Gasteiger partial charge in [0.15, 0.2) is 0 Å². The normalized spacial score (nSPS) is 8.38. The fourth-order valence-electron chi connectivity index (χ4n) is 0.922. The maximum absolute atomic E-state index is 4.50. The lowest BCUT2D eigenvalue weighted by Gasteiger charge is -1.97. The van der Waals surface area contributed by atoms with Crippen LogP contribution in [0.2, 0.25) is 0 Å². The van der Waals surface area contributed by atoms with Crippen LogP contribution >= 0.6 is 0 Å².